The number of esters is 1. The molecule has 1 saturated carbocycles. The fourth-order valence-corrected chi connectivity index (χ4v) is 4.08. The summed E-state index contributed by atoms with van der Waals surface area (Å²) in [6.45, 7) is 1.53. The standard InChI is InChI=1S/C25H26N2O7/c28-21(26-10-12-27(13-11-26)22(29)24(31)8-9-24)18-6-4-17(5-7-18)19-2-1-3-20(14-19)34-23(30)25(32)15-33-16-25/h1-7,14,31-32H,8-13,15-16H2. The largest absolute Gasteiger partial charge is 0.424 e. The van der Waals surface area contributed by atoms with Crippen molar-refractivity contribution in [3.8, 4) is 16.9 Å². The summed E-state index contributed by atoms with van der Waals surface area (Å²) in [6, 6.07) is 14.1. The molecule has 3 fully saturated rings. The molecule has 178 valence electrons. The van der Waals surface area contributed by atoms with Gasteiger partial charge in [0.15, 0.2) is 0 Å². The molecule has 0 unspecified atom stereocenters. The summed E-state index contributed by atoms with van der Waals surface area (Å²) in [5.41, 5.74) is -0.588. The highest BCUT2D eigenvalue weighted by Crippen LogP contribution is 2.37. The van der Waals surface area contributed by atoms with Crippen LogP contribution in [0, 0.1) is 0 Å². The maximum atomic E-state index is 12.9. The molecule has 0 atom stereocenters. The van der Waals surface area contributed by atoms with Crippen molar-refractivity contribution in [1.29, 1.82) is 0 Å². The summed E-state index contributed by atoms with van der Waals surface area (Å²) in [5, 5.41) is 20.1. The molecule has 0 bridgehead atoms. The minimum atomic E-state index is -1.59. The predicted octanol–water partition coefficient (Wildman–Crippen LogP) is 0.830. The number of hydrogen-bond acceptors (Lipinski definition) is 7. The van der Waals surface area contributed by atoms with Crippen LogP contribution in [0.4, 0.5) is 0 Å². The lowest BCUT2D eigenvalue weighted by atomic mass is 10.0. The lowest BCUT2D eigenvalue weighted by molar-refractivity contribution is -0.203. The molecule has 0 aromatic heterocycles. The maximum Gasteiger partial charge on any atom is 0.348 e. The average Bonchev–Trinajstić information content (AvgIpc) is 3.60. The van der Waals surface area contributed by atoms with Crippen LogP contribution < -0.4 is 4.74 Å². The van der Waals surface area contributed by atoms with E-state index in [1.54, 1.807) is 40.1 Å². The smallest absolute Gasteiger partial charge is 0.348 e. The van der Waals surface area contributed by atoms with Crippen LogP contribution >= 0.6 is 0 Å². The van der Waals surface area contributed by atoms with E-state index in [4.69, 9.17) is 9.47 Å². The number of carbonyl (C=O) groups is 3. The summed E-state index contributed by atoms with van der Waals surface area (Å²) in [5.74, 6) is -0.773. The lowest BCUT2D eigenvalue weighted by Crippen LogP contribution is -2.57. The zero-order valence-corrected chi connectivity index (χ0v) is 18.6. The molecule has 34 heavy (non-hydrogen) atoms. The van der Waals surface area contributed by atoms with Crippen molar-refractivity contribution in [3.63, 3.8) is 0 Å². The first-order chi connectivity index (χ1) is 16.3. The summed E-state index contributed by atoms with van der Waals surface area (Å²) < 4.78 is 10.2. The molecule has 0 spiro atoms. The topological polar surface area (TPSA) is 117 Å². The second-order valence-electron chi connectivity index (χ2n) is 9.14. The Bertz CT molecular complexity index is 1110. The van der Waals surface area contributed by atoms with E-state index in [2.05, 4.69) is 0 Å². The third-order valence-electron chi connectivity index (χ3n) is 6.55. The number of aliphatic hydroxyl groups is 2. The van der Waals surface area contributed by atoms with Crippen molar-refractivity contribution in [1.82, 2.24) is 9.80 Å². The first-order valence-corrected chi connectivity index (χ1v) is 11.3. The van der Waals surface area contributed by atoms with Gasteiger partial charge in [0.25, 0.3) is 11.8 Å². The van der Waals surface area contributed by atoms with Crippen molar-refractivity contribution in [2.24, 2.45) is 0 Å². The Balaban J connectivity index is 1.20. The van der Waals surface area contributed by atoms with E-state index in [1.165, 1.54) is 0 Å². The van der Waals surface area contributed by atoms with Crippen LogP contribution in [-0.4, -0.2) is 88.4 Å². The van der Waals surface area contributed by atoms with Gasteiger partial charge in [0.1, 0.15) is 11.4 Å². The van der Waals surface area contributed by atoms with Crippen LogP contribution in [0.1, 0.15) is 23.2 Å². The third-order valence-corrected chi connectivity index (χ3v) is 6.55. The number of hydrogen-bond donors (Lipinski definition) is 2. The van der Waals surface area contributed by atoms with Crippen LogP contribution in [0.15, 0.2) is 48.5 Å². The van der Waals surface area contributed by atoms with E-state index < -0.39 is 17.2 Å². The van der Waals surface area contributed by atoms with Gasteiger partial charge in [-0.25, -0.2) is 4.79 Å². The first-order valence-electron chi connectivity index (χ1n) is 11.3. The van der Waals surface area contributed by atoms with Gasteiger partial charge < -0.3 is 29.5 Å². The Kier molecular flexibility index (Phi) is 5.63. The molecule has 2 aromatic rings. The van der Waals surface area contributed by atoms with Gasteiger partial charge in [0.2, 0.25) is 5.60 Å². The van der Waals surface area contributed by atoms with Crippen LogP contribution in [0.25, 0.3) is 11.1 Å². The van der Waals surface area contributed by atoms with E-state index in [0.29, 0.717) is 50.3 Å². The van der Waals surface area contributed by atoms with Gasteiger partial charge in [0.05, 0.1) is 13.2 Å². The van der Waals surface area contributed by atoms with E-state index >= 15 is 0 Å². The lowest BCUT2D eigenvalue weighted by Gasteiger charge is -2.35. The van der Waals surface area contributed by atoms with Gasteiger partial charge in [-0.05, 0) is 48.2 Å². The molecule has 2 aromatic carbocycles. The average molecular weight is 466 g/mol. The van der Waals surface area contributed by atoms with E-state index in [1.807, 2.05) is 18.2 Å². The Labute approximate surface area is 196 Å². The molecule has 2 heterocycles. The highest BCUT2D eigenvalue weighted by molar-refractivity contribution is 5.95. The van der Waals surface area contributed by atoms with Gasteiger partial charge in [-0.1, -0.05) is 24.3 Å². The minimum absolute atomic E-state index is 0.0748. The van der Waals surface area contributed by atoms with Gasteiger partial charge >= 0.3 is 5.97 Å². The number of rotatable bonds is 5. The Morgan fingerprint density at radius 1 is 0.824 bits per heavy atom. The van der Waals surface area contributed by atoms with Crippen molar-refractivity contribution in [3.05, 3.63) is 54.1 Å². The first kappa shape index (κ1) is 22.5. The summed E-state index contributed by atoms with van der Waals surface area (Å²) in [4.78, 5) is 40.7. The van der Waals surface area contributed by atoms with Crippen LogP contribution in [0.3, 0.4) is 0 Å². The molecule has 3 aliphatic rings. The molecule has 9 nitrogen and oxygen atoms in total. The van der Waals surface area contributed by atoms with E-state index in [9.17, 15) is 24.6 Å². The van der Waals surface area contributed by atoms with Gasteiger partial charge in [0, 0.05) is 31.7 Å². The molecular weight excluding hydrogens is 440 g/mol. The van der Waals surface area contributed by atoms with Crippen molar-refractivity contribution < 1.29 is 34.1 Å². The molecule has 2 aliphatic heterocycles. The van der Waals surface area contributed by atoms with Crippen LogP contribution in [0.2, 0.25) is 0 Å². The molecular formula is C25H26N2O7. The number of nitrogens with zero attached hydrogens (tertiary/aromatic N) is 2. The Hall–Kier alpha value is -3.27. The molecule has 9 heteroatoms. The van der Waals surface area contributed by atoms with E-state index in [-0.39, 0.29) is 25.0 Å². The number of amides is 2. The highest BCUT2D eigenvalue weighted by atomic mass is 16.6. The summed E-state index contributed by atoms with van der Waals surface area (Å²) in [7, 11) is 0. The second-order valence-corrected chi connectivity index (χ2v) is 9.14. The van der Waals surface area contributed by atoms with Crippen molar-refractivity contribution in [2.75, 3.05) is 39.4 Å². The maximum absolute atomic E-state index is 12.9. The zero-order valence-electron chi connectivity index (χ0n) is 18.6. The summed E-state index contributed by atoms with van der Waals surface area (Å²) >= 11 is 0. The Morgan fingerprint density at radius 3 is 2.06 bits per heavy atom. The SMILES string of the molecule is O=C(c1ccc(-c2cccc(OC(=O)C3(O)COC3)c2)cc1)N1CCN(C(=O)C2(O)CC2)CC1. The van der Waals surface area contributed by atoms with Crippen LogP contribution in [0.5, 0.6) is 5.75 Å². The highest BCUT2D eigenvalue weighted by Gasteiger charge is 2.50. The predicted molar refractivity (Wildman–Crippen MR) is 120 cm³/mol. The fourth-order valence-electron chi connectivity index (χ4n) is 4.08. The number of benzene rings is 2. The zero-order chi connectivity index (χ0) is 23.9. The number of ether oxygens (including phenoxy) is 2. The molecule has 2 amide bonds. The van der Waals surface area contributed by atoms with Crippen LogP contribution in [-0.2, 0) is 14.3 Å². The third kappa shape index (κ3) is 4.29. The second kappa shape index (κ2) is 8.50. The molecule has 1 aliphatic carbocycles. The summed E-state index contributed by atoms with van der Waals surface area (Å²) in [6.07, 6.45) is 1.03. The fraction of sp³-hybridized carbons (Fsp3) is 0.400. The molecule has 0 radical (unpaired) electrons. The normalized spacial score (nSPS) is 20.3. The van der Waals surface area contributed by atoms with Gasteiger partial charge in [-0.3, -0.25) is 9.59 Å². The quantitative estimate of drug-likeness (QED) is 0.495. The van der Waals surface area contributed by atoms with Gasteiger partial charge in [-0.15, -0.1) is 0 Å². The van der Waals surface area contributed by atoms with E-state index in [0.717, 1.165) is 11.1 Å². The minimum Gasteiger partial charge on any atom is -0.424 e. The monoisotopic (exact) mass is 466 g/mol. The van der Waals surface area contributed by atoms with Gasteiger partial charge in [-0.2, -0.15) is 0 Å². The molecule has 2 saturated heterocycles. The Morgan fingerprint density at radius 2 is 1.47 bits per heavy atom. The molecule has 5 rings (SSSR count). The number of carbonyl (C=O) groups excluding carboxylic acids is 3. The van der Waals surface area contributed by atoms with Crippen molar-refractivity contribution in [2.45, 2.75) is 24.0 Å². The molecule has 2 N–H and O–H groups in total. The number of piperazine rings is 1. The van der Waals surface area contributed by atoms with Crippen molar-refractivity contribution >= 4 is 17.8 Å².